The quantitative estimate of drug-likeness (QED) is 0.161. The van der Waals surface area contributed by atoms with Crippen molar-refractivity contribution in [1.82, 2.24) is 24.9 Å². The Labute approximate surface area is 218 Å². The number of carboxylic acids is 3. The minimum atomic E-state index is -1.00. The number of amides is 1. The van der Waals surface area contributed by atoms with Gasteiger partial charge in [-0.3, -0.25) is 38.8 Å². The Kier molecular flexibility index (Phi) is 17.4. The van der Waals surface area contributed by atoms with E-state index in [-0.39, 0.29) is 32.1 Å². The van der Waals surface area contributed by atoms with Crippen molar-refractivity contribution < 1.29 is 44.0 Å². The molecule has 1 aliphatic rings. The second kappa shape index (κ2) is 19.7. The molecule has 1 saturated heterocycles. The van der Waals surface area contributed by atoms with Crippen molar-refractivity contribution in [2.45, 2.75) is 13.3 Å². The third kappa shape index (κ3) is 17.7. The maximum atomic E-state index is 12.5. The predicted octanol–water partition coefficient (Wildman–Crippen LogP) is -1.98. The molecule has 1 heterocycles. The van der Waals surface area contributed by atoms with E-state index in [1.54, 1.807) is 14.7 Å². The number of carbonyl (C=O) groups excluding carboxylic acids is 1. The number of carboxylic acid groups (broad SMARTS) is 3. The third-order valence-corrected chi connectivity index (χ3v) is 5.74. The fourth-order valence-electron chi connectivity index (χ4n) is 3.81. The van der Waals surface area contributed by atoms with Gasteiger partial charge in [-0.15, -0.1) is 0 Å². The van der Waals surface area contributed by atoms with Gasteiger partial charge in [0.1, 0.15) is 0 Å². The molecule has 0 bridgehead atoms. The number of aliphatic carboxylic acids is 3. The second-order valence-corrected chi connectivity index (χ2v) is 8.80. The lowest BCUT2D eigenvalue weighted by Crippen LogP contribution is -2.49. The molecule has 1 amide bonds. The van der Waals surface area contributed by atoms with Gasteiger partial charge in [-0.2, -0.15) is 0 Å². The molecular weight excluding hydrogens is 490 g/mol. The molecule has 0 radical (unpaired) electrons. The highest BCUT2D eigenvalue weighted by Crippen LogP contribution is 2.01. The number of hydrogen-bond acceptors (Lipinski definition) is 10. The van der Waals surface area contributed by atoms with Gasteiger partial charge in [-0.25, -0.2) is 0 Å². The zero-order chi connectivity index (χ0) is 27.5. The highest BCUT2D eigenvalue weighted by molar-refractivity contribution is 5.78. The zero-order valence-corrected chi connectivity index (χ0v) is 21.8. The molecule has 0 aromatic heterocycles. The van der Waals surface area contributed by atoms with Crippen molar-refractivity contribution in [2.75, 3.05) is 112 Å². The number of hydrogen-bond donors (Lipinski definition) is 4. The van der Waals surface area contributed by atoms with E-state index in [9.17, 15) is 34.5 Å². The lowest BCUT2D eigenvalue weighted by atomic mass is 10.3. The summed E-state index contributed by atoms with van der Waals surface area (Å²) in [6.45, 7) is 6.90. The van der Waals surface area contributed by atoms with Gasteiger partial charge >= 0.3 is 17.9 Å². The Bertz CT molecular complexity index is 666. The van der Waals surface area contributed by atoms with Crippen molar-refractivity contribution >= 4 is 23.8 Å². The first-order valence-electron chi connectivity index (χ1n) is 12.7. The maximum absolute atomic E-state index is 12.5. The molecule has 0 aromatic rings. The van der Waals surface area contributed by atoms with Gasteiger partial charge in [-0.1, -0.05) is 0 Å². The number of carbonyl (C=O) groups is 4. The van der Waals surface area contributed by atoms with Crippen LogP contribution in [0.2, 0.25) is 0 Å². The molecule has 1 aliphatic heterocycles. The SMILES string of the molecule is CCOCCOCCCNC(=O)CN1CCN(CC(=O)O)CCN(CC(=O)O)CCN(CC(=O)O)CC1. The molecule has 0 aliphatic carbocycles. The predicted molar refractivity (Wildman–Crippen MR) is 134 cm³/mol. The summed E-state index contributed by atoms with van der Waals surface area (Å²) in [6.07, 6.45) is 0.656. The Morgan fingerprint density at radius 1 is 0.622 bits per heavy atom. The molecule has 0 spiro atoms. The topological polar surface area (TPSA) is 172 Å². The van der Waals surface area contributed by atoms with Gasteiger partial charge in [0.15, 0.2) is 0 Å². The van der Waals surface area contributed by atoms with Crippen LogP contribution in [0, 0.1) is 0 Å². The van der Waals surface area contributed by atoms with Crippen LogP contribution in [-0.2, 0) is 28.7 Å². The lowest BCUT2D eigenvalue weighted by molar-refractivity contribution is -0.140. The van der Waals surface area contributed by atoms with Crippen LogP contribution in [0.15, 0.2) is 0 Å². The van der Waals surface area contributed by atoms with E-state index in [1.807, 2.05) is 11.8 Å². The molecule has 14 nitrogen and oxygen atoms in total. The Hall–Kier alpha value is -2.36. The minimum absolute atomic E-state index is 0.0954. The molecule has 0 saturated carbocycles. The summed E-state index contributed by atoms with van der Waals surface area (Å²) >= 11 is 0. The average molecular weight is 534 g/mol. The molecule has 214 valence electrons. The molecule has 14 heteroatoms. The molecule has 0 unspecified atom stereocenters. The standard InChI is InChI=1S/C23H43N5O9/c1-2-36-14-15-37-13-3-4-24-20(29)16-25-5-7-26(17-21(30)31)9-11-28(19-23(34)35)12-10-27(8-6-25)18-22(32)33/h2-19H2,1H3,(H,24,29)(H,30,31)(H,32,33)(H,34,35). The summed E-state index contributed by atoms with van der Waals surface area (Å²) in [5.41, 5.74) is 0. The lowest BCUT2D eigenvalue weighted by Gasteiger charge is -2.32. The fourth-order valence-corrected chi connectivity index (χ4v) is 3.81. The third-order valence-electron chi connectivity index (χ3n) is 5.74. The molecule has 37 heavy (non-hydrogen) atoms. The summed E-state index contributed by atoms with van der Waals surface area (Å²) in [4.78, 5) is 53.5. The van der Waals surface area contributed by atoms with Crippen LogP contribution in [0.25, 0.3) is 0 Å². The van der Waals surface area contributed by atoms with E-state index in [1.165, 1.54) is 0 Å². The smallest absolute Gasteiger partial charge is 0.317 e. The van der Waals surface area contributed by atoms with Gasteiger partial charge in [-0.05, 0) is 13.3 Å². The van der Waals surface area contributed by atoms with Gasteiger partial charge in [0.05, 0.1) is 39.4 Å². The summed E-state index contributed by atoms with van der Waals surface area (Å²) < 4.78 is 10.6. The molecule has 1 rings (SSSR count). The van der Waals surface area contributed by atoms with Crippen LogP contribution in [0.5, 0.6) is 0 Å². The minimum Gasteiger partial charge on any atom is -0.480 e. The first kappa shape index (κ1) is 32.7. The number of ether oxygens (including phenoxy) is 2. The van der Waals surface area contributed by atoms with Crippen LogP contribution in [-0.4, -0.2) is 170 Å². The van der Waals surface area contributed by atoms with Crippen LogP contribution in [0.4, 0.5) is 0 Å². The Morgan fingerprint density at radius 2 is 1.00 bits per heavy atom. The molecule has 4 N–H and O–H groups in total. The van der Waals surface area contributed by atoms with Crippen molar-refractivity contribution in [3.63, 3.8) is 0 Å². The van der Waals surface area contributed by atoms with Crippen LogP contribution >= 0.6 is 0 Å². The van der Waals surface area contributed by atoms with Gasteiger partial charge < -0.3 is 30.1 Å². The number of rotatable bonds is 16. The monoisotopic (exact) mass is 533 g/mol. The molecule has 1 fully saturated rings. The summed E-state index contributed by atoms with van der Waals surface area (Å²) in [6, 6.07) is 0. The molecular formula is C23H43N5O9. The van der Waals surface area contributed by atoms with Gasteiger partial charge in [0.25, 0.3) is 0 Å². The molecule has 0 aromatic carbocycles. The summed E-state index contributed by atoms with van der Waals surface area (Å²) in [5, 5.41) is 30.7. The number of nitrogens with zero attached hydrogens (tertiary/aromatic N) is 4. The Balaban J connectivity index is 2.70. The van der Waals surface area contributed by atoms with Crippen molar-refractivity contribution in [1.29, 1.82) is 0 Å². The van der Waals surface area contributed by atoms with Gasteiger partial charge in [0.2, 0.25) is 5.91 Å². The van der Waals surface area contributed by atoms with E-state index in [0.717, 1.165) is 0 Å². The first-order valence-corrected chi connectivity index (χ1v) is 12.7. The highest BCUT2D eigenvalue weighted by atomic mass is 16.5. The molecule has 0 atom stereocenters. The van der Waals surface area contributed by atoms with Gasteiger partial charge in [0, 0.05) is 72.1 Å². The first-order chi connectivity index (χ1) is 17.7. The maximum Gasteiger partial charge on any atom is 0.317 e. The second-order valence-electron chi connectivity index (χ2n) is 8.80. The Morgan fingerprint density at radius 3 is 1.38 bits per heavy atom. The van der Waals surface area contributed by atoms with Crippen LogP contribution in [0.1, 0.15) is 13.3 Å². The summed E-state index contributed by atoms with van der Waals surface area (Å²) in [5.74, 6) is -3.16. The van der Waals surface area contributed by atoms with E-state index in [2.05, 4.69) is 5.32 Å². The van der Waals surface area contributed by atoms with Crippen molar-refractivity contribution in [3.05, 3.63) is 0 Å². The van der Waals surface area contributed by atoms with E-state index in [0.29, 0.717) is 91.8 Å². The van der Waals surface area contributed by atoms with Crippen molar-refractivity contribution in [3.8, 4) is 0 Å². The van der Waals surface area contributed by atoms with E-state index >= 15 is 0 Å². The van der Waals surface area contributed by atoms with E-state index in [4.69, 9.17) is 9.47 Å². The van der Waals surface area contributed by atoms with Crippen LogP contribution in [0.3, 0.4) is 0 Å². The largest absolute Gasteiger partial charge is 0.480 e. The van der Waals surface area contributed by atoms with Crippen molar-refractivity contribution in [2.24, 2.45) is 0 Å². The highest BCUT2D eigenvalue weighted by Gasteiger charge is 2.21. The van der Waals surface area contributed by atoms with E-state index < -0.39 is 17.9 Å². The van der Waals surface area contributed by atoms with Crippen LogP contribution < -0.4 is 5.32 Å². The summed E-state index contributed by atoms with van der Waals surface area (Å²) in [7, 11) is 0. The zero-order valence-electron chi connectivity index (χ0n) is 21.8. The average Bonchev–Trinajstić information content (AvgIpc) is 2.81. The number of nitrogens with one attached hydrogen (secondary N) is 1. The normalized spacial score (nSPS) is 17.5. The fraction of sp³-hybridized carbons (Fsp3) is 0.826.